The summed E-state index contributed by atoms with van der Waals surface area (Å²) in [5.74, 6) is -12.5. The van der Waals surface area contributed by atoms with Gasteiger partial charge in [0, 0.05) is 6.54 Å². The topological polar surface area (TPSA) is 49.8 Å². The van der Waals surface area contributed by atoms with Crippen molar-refractivity contribution in [2.45, 2.75) is 6.04 Å². The van der Waals surface area contributed by atoms with Crippen molar-refractivity contribution in [1.29, 1.82) is 0 Å². The molecule has 2 rings (SSSR count). The van der Waals surface area contributed by atoms with Crippen molar-refractivity contribution in [3.05, 3.63) is 34.6 Å². The van der Waals surface area contributed by atoms with Crippen LogP contribution in [0.5, 0.6) is 0 Å². The number of aliphatic hydroxyl groups is 1. The van der Waals surface area contributed by atoms with Crippen molar-refractivity contribution in [1.82, 2.24) is 4.90 Å². The minimum atomic E-state index is -2.33. The van der Waals surface area contributed by atoms with Gasteiger partial charge < -0.3 is 14.7 Å². The summed E-state index contributed by atoms with van der Waals surface area (Å²) < 4.78 is 71.3. The molecule has 1 aromatic rings. The number of hydrogen-bond donors (Lipinski definition) is 1. The Bertz CT molecular complexity index is 551. The molecule has 0 aliphatic carbocycles. The molecule has 0 aromatic heterocycles. The summed E-state index contributed by atoms with van der Waals surface area (Å²) in [7, 11) is 0. The fraction of sp³-hybridized carbons (Fsp3) is 0.417. The van der Waals surface area contributed by atoms with Crippen LogP contribution in [0.2, 0.25) is 0 Å². The molecular formula is C12H10F5NO3. The van der Waals surface area contributed by atoms with E-state index in [4.69, 9.17) is 9.84 Å². The van der Waals surface area contributed by atoms with Crippen molar-refractivity contribution in [3.63, 3.8) is 0 Å². The third kappa shape index (κ3) is 2.58. The van der Waals surface area contributed by atoms with E-state index < -0.39 is 53.2 Å². The lowest BCUT2D eigenvalue weighted by Gasteiger charge is -2.34. The first kappa shape index (κ1) is 15.6. The number of amides is 1. The van der Waals surface area contributed by atoms with Crippen LogP contribution in [0.25, 0.3) is 0 Å². The third-order valence-electron chi connectivity index (χ3n) is 3.12. The maximum atomic E-state index is 13.6. The molecule has 21 heavy (non-hydrogen) atoms. The number of rotatable bonds is 2. The molecule has 0 radical (unpaired) electrons. The van der Waals surface area contributed by atoms with Crippen molar-refractivity contribution in [2.24, 2.45) is 0 Å². The van der Waals surface area contributed by atoms with Crippen molar-refractivity contribution < 1.29 is 36.6 Å². The molecule has 1 heterocycles. The van der Waals surface area contributed by atoms with Crippen molar-refractivity contribution in [3.8, 4) is 0 Å². The van der Waals surface area contributed by atoms with Crippen LogP contribution < -0.4 is 0 Å². The predicted molar refractivity (Wildman–Crippen MR) is 59.0 cm³/mol. The van der Waals surface area contributed by atoms with Gasteiger partial charge in [0.2, 0.25) is 5.82 Å². The van der Waals surface area contributed by atoms with Gasteiger partial charge in [0.25, 0.3) is 5.91 Å². The Morgan fingerprint density at radius 1 is 1.10 bits per heavy atom. The minimum Gasteiger partial charge on any atom is -0.394 e. The highest BCUT2D eigenvalue weighted by Gasteiger charge is 2.35. The predicted octanol–water partition coefficient (Wildman–Crippen LogP) is 1.22. The molecule has 1 aliphatic heterocycles. The van der Waals surface area contributed by atoms with E-state index in [-0.39, 0.29) is 19.8 Å². The monoisotopic (exact) mass is 311 g/mol. The first-order chi connectivity index (χ1) is 9.90. The minimum absolute atomic E-state index is 0.0254. The first-order valence-electron chi connectivity index (χ1n) is 5.91. The molecule has 0 bridgehead atoms. The van der Waals surface area contributed by atoms with Crippen molar-refractivity contribution in [2.75, 3.05) is 26.4 Å². The molecule has 0 spiro atoms. The fourth-order valence-electron chi connectivity index (χ4n) is 2.01. The fourth-order valence-corrected chi connectivity index (χ4v) is 2.01. The summed E-state index contributed by atoms with van der Waals surface area (Å²) in [5, 5.41) is 9.08. The van der Waals surface area contributed by atoms with Gasteiger partial charge in [-0.2, -0.15) is 0 Å². The largest absolute Gasteiger partial charge is 0.394 e. The van der Waals surface area contributed by atoms with Gasteiger partial charge in [0.05, 0.1) is 25.9 Å². The molecule has 1 N–H and O–H groups in total. The Hall–Kier alpha value is -1.74. The van der Waals surface area contributed by atoms with Gasteiger partial charge >= 0.3 is 0 Å². The highest BCUT2D eigenvalue weighted by Crippen LogP contribution is 2.25. The van der Waals surface area contributed by atoms with Crippen LogP contribution >= 0.6 is 0 Å². The smallest absolute Gasteiger partial charge is 0.260 e. The summed E-state index contributed by atoms with van der Waals surface area (Å²) >= 11 is 0. The number of aliphatic hydroxyl groups excluding tert-OH is 1. The first-order valence-corrected chi connectivity index (χ1v) is 5.91. The van der Waals surface area contributed by atoms with Crippen LogP contribution in [0.1, 0.15) is 10.4 Å². The molecule has 1 saturated heterocycles. The van der Waals surface area contributed by atoms with Crippen LogP contribution in [-0.4, -0.2) is 48.3 Å². The lowest BCUT2D eigenvalue weighted by atomic mass is 10.1. The average molecular weight is 311 g/mol. The Labute approximate surface area is 115 Å². The van der Waals surface area contributed by atoms with Gasteiger partial charge in [-0.15, -0.1) is 0 Å². The lowest BCUT2D eigenvalue weighted by Crippen LogP contribution is -2.51. The standard InChI is InChI=1S/C12H10F5NO3/c13-7-6(8(14)10(16)11(17)9(7)15)12(20)18-1-2-21-4-5(18)3-19/h5,19H,1-4H2. The molecule has 1 amide bonds. The second-order valence-corrected chi connectivity index (χ2v) is 4.35. The number of halogens is 5. The molecule has 1 atom stereocenters. The highest BCUT2D eigenvalue weighted by molar-refractivity contribution is 5.95. The van der Waals surface area contributed by atoms with E-state index in [0.717, 1.165) is 4.90 Å². The maximum Gasteiger partial charge on any atom is 0.260 e. The number of carbonyl (C=O) groups is 1. The van der Waals surface area contributed by atoms with E-state index in [1.165, 1.54) is 0 Å². The SMILES string of the molecule is O=C(c1c(F)c(F)c(F)c(F)c1F)N1CCOCC1CO. The van der Waals surface area contributed by atoms with Gasteiger partial charge in [-0.1, -0.05) is 0 Å². The second kappa shape index (κ2) is 5.94. The number of morpholine rings is 1. The number of ether oxygens (including phenoxy) is 1. The maximum absolute atomic E-state index is 13.6. The van der Waals surface area contributed by atoms with Crippen LogP contribution in [0.15, 0.2) is 0 Å². The van der Waals surface area contributed by atoms with E-state index >= 15 is 0 Å². The Morgan fingerprint density at radius 2 is 1.62 bits per heavy atom. The quantitative estimate of drug-likeness (QED) is 0.507. The zero-order valence-electron chi connectivity index (χ0n) is 10.5. The van der Waals surface area contributed by atoms with E-state index in [2.05, 4.69) is 0 Å². The van der Waals surface area contributed by atoms with Gasteiger partial charge in [0.15, 0.2) is 23.3 Å². The zero-order chi connectivity index (χ0) is 15.7. The van der Waals surface area contributed by atoms with E-state index in [9.17, 15) is 26.7 Å². The Balaban J connectivity index is 2.48. The average Bonchev–Trinajstić information content (AvgIpc) is 2.51. The van der Waals surface area contributed by atoms with Gasteiger partial charge in [-0.3, -0.25) is 4.79 Å². The van der Waals surface area contributed by atoms with Gasteiger partial charge in [-0.05, 0) is 0 Å². The summed E-state index contributed by atoms with van der Waals surface area (Å²) in [4.78, 5) is 12.9. The molecular weight excluding hydrogens is 301 g/mol. The molecule has 116 valence electrons. The zero-order valence-corrected chi connectivity index (χ0v) is 10.5. The molecule has 0 saturated carbocycles. The molecule has 4 nitrogen and oxygen atoms in total. The lowest BCUT2D eigenvalue weighted by molar-refractivity contribution is -0.0189. The number of benzene rings is 1. The normalized spacial score (nSPS) is 19.0. The van der Waals surface area contributed by atoms with Crippen LogP contribution in [0, 0.1) is 29.1 Å². The van der Waals surface area contributed by atoms with E-state index in [1.807, 2.05) is 0 Å². The third-order valence-corrected chi connectivity index (χ3v) is 3.12. The Morgan fingerprint density at radius 3 is 2.14 bits per heavy atom. The summed E-state index contributed by atoms with van der Waals surface area (Å²) in [5.41, 5.74) is -1.54. The van der Waals surface area contributed by atoms with Crippen molar-refractivity contribution >= 4 is 5.91 Å². The molecule has 1 aromatic carbocycles. The number of hydrogen-bond acceptors (Lipinski definition) is 3. The van der Waals surface area contributed by atoms with Crippen LogP contribution in [0.3, 0.4) is 0 Å². The number of nitrogens with zero attached hydrogens (tertiary/aromatic N) is 1. The highest BCUT2D eigenvalue weighted by atomic mass is 19.2. The molecule has 9 heteroatoms. The summed E-state index contributed by atoms with van der Waals surface area (Å²) in [6, 6.07) is -0.916. The number of carbonyl (C=O) groups excluding carboxylic acids is 1. The van der Waals surface area contributed by atoms with Gasteiger partial charge in [-0.25, -0.2) is 22.0 Å². The molecule has 1 aliphatic rings. The van der Waals surface area contributed by atoms with Crippen LogP contribution in [-0.2, 0) is 4.74 Å². The van der Waals surface area contributed by atoms with E-state index in [0.29, 0.717) is 0 Å². The molecule has 1 unspecified atom stereocenters. The van der Waals surface area contributed by atoms with E-state index in [1.54, 1.807) is 0 Å². The Kier molecular flexibility index (Phi) is 4.43. The second-order valence-electron chi connectivity index (χ2n) is 4.35. The summed E-state index contributed by atoms with van der Waals surface area (Å²) in [6.07, 6.45) is 0. The van der Waals surface area contributed by atoms with Crippen LogP contribution in [0.4, 0.5) is 22.0 Å². The molecule has 1 fully saturated rings. The van der Waals surface area contributed by atoms with Gasteiger partial charge in [0.1, 0.15) is 5.56 Å². The summed E-state index contributed by atoms with van der Waals surface area (Å²) in [6.45, 7) is -0.778.